The molecule has 0 atom stereocenters. The van der Waals surface area contributed by atoms with Crippen LogP contribution in [0.1, 0.15) is 27.7 Å². The molecule has 19 heavy (non-hydrogen) atoms. The lowest BCUT2D eigenvalue weighted by Crippen LogP contribution is -2.41. The maximum atomic E-state index is 13.9. The fourth-order valence-electron chi connectivity index (χ4n) is 1.79. The molecule has 0 amide bonds. The Hall–Kier alpha value is -1.21. The second-order valence-corrected chi connectivity index (χ2v) is 5.58. The van der Waals surface area contributed by atoms with Crippen molar-refractivity contribution in [1.82, 2.24) is 0 Å². The minimum atomic E-state index is -1.40. The monoisotopic (exact) mass is 273 g/mol. The SMILES string of the molecule is CC1(C)OB(c2cc(F)c(F)c(N)c2F)OC1(C)C. The zero-order chi connectivity index (χ0) is 14.6. The molecule has 2 N–H and O–H groups in total. The standard InChI is InChI=1S/C12H15BF3NO2/c1-11(2)12(3,4)19-13(18-11)6-5-7(14)9(16)10(17)8(6)15/h5H,17H2,1-4H3. The number of hydrogen-bond donors (Lipinski definition) is 1. The van der Waals surface area contributed by atoms with Crippen LogP contribution < -0.4 is 11.2 Å². The molecule has 3 nitrogen and oxygen atoms in total. The van der Waals surface area contributed by atoms with Gasteiger partial charge < -0.3 is 15.0 Å². The summed E-state index contributed by atoms with van der Waals surface area (Å²) in [7, 11) is -1.12. The molecule has 1 heterocycles. The molecular formula is C12H15BF3NO2. The molecule has 0 aliphatic carbocycles. The van der Waals surface area contributed by atoms with E-state index in [-0.39, 0.29) is 5.46 Å². The molecule has 104 valence electrons. The van der Waals surface area contributed by atoms with Gasteiger partial charge in [0, 0.05) is 5.46 Å². The van der Waals surface area contributed by atoms with Gasteiger partial charge in [0.2, 0.25) is 0 Å². The molecule has 0 saturated carbocycles. The molecule has 2 rings (SSSR count). The largest absolute Gasteiger partial charge is 0.498 e. The van der Waals surface area contributed by atoms with Crippen LogP contribution in [0.25, 0.3) is 0 Å². The molecule has 1 aliphatic rings. The molecule has 0 aromatic heterocycles. The van der Waals surface area contributed by atoms with E-state index in [1.165, 1.54) is 0 Å². The Kier molecular flexibility index (Phi) is 3.10. The number of benzene rings is 1. The summed E-state index contributed by atoms with van der Waals surface area (Å²) in [6.07, 6.45) is 0. The van der Waals surface area contributed by atoms with Gasteiger partial charge in [-0.2, -0.15) is 0 Å². The highest BCUT2D eigenvalue weighted by atomic mass is 19.2. The Morgan fingerprint density at radius 2 is 1.47 bits per heavy atom. The van der Waals surface area contributed by atoms with E-state index in [9.17, 15) is 13.2 Å². The van der Waals surface area contributed by atoms with Gasteiger partial charge in [-0.3, -0.25) is 0 Å². The second-order valence-electron chi connectivity index (χ2n) is 5.58. The molecule has 1 saturated heterocycles. The van der Waals surface area contributed by atoms with Crippen LogP contribution in [0.5, 0.6) is 0 Å². The lowest BCUT2D eigenvalue weighted by Gasteiger charge is -2.32. The Labute approximate surface area is 110 Å². The third kappa shape index (κ3) is 2.10. The van der Waals surface area contributed by atoms with E-state index in [1.807, 2.05) is 0 Å². The van der Waals surface area contributed by atoms with Crippen LogP contribution in [0.2, 0.25) is 0 Å². The molecule has 0 bridgehead atoms. The average Bonchev–Trinajstić information content (AvgIpc) is 2.50. The lowest BCUT2D eigenvalue weighted by molar-refractivity contribution is 0.00578. The lowest BCUT2D eigenvalue weighted by atomic mass is 9.78. The minimum absolute atomic E-state index is 0.241. The van der Waals surface area contributed by atoms with Crippen molar-refractivity contribution in [2.75, 3.05) is 5.73 Å². The number of anilines is 1. The third-order valence-electron chi connectivity index (χ3n) is 3.73. The summed E-state index contributed by atoms with van der Waals surface area (Å²) in [5, 5.41) is 0. The van der Waals surface area contributed by atoms with Crippen LogP contribution >= 0.6 is 0 Å². The van der Waals surface area contributed by atoms with E-state index >= 15 is 0 Å². The van der Waals surface area contributed by atoms with Gasteiger partial charge in [-0.25, -0.2) is 13.2 Å². The highest BCUT2D eigenvalue weighted by Gasteiger charge is 2.52. The predicted molar refractivity (Wildman–Crippen MR) is 66.4 cm³/mol. The van der Waals surface area contributed by atoms with Crippen LogP contribution in [0, 0.1) is 17.5 Å². The molecular weight excluding hydrogens is 258 g/mol. The first kappa shape index (κ1) is 14.2. The maximum absolute atomic E-state index is 13.9. The van der Waals surface area contributed by atoms with Crippen molar-refractivity contribution in [3.05, 3.63) is 23.5 Å². The topological polar surface area (TPSA) is 44.5 Å². The first-order valence-electron chi connectivity index (χ1n) is 5.85. The summed E-state index contributed by atoms with van der Waals surface area (Å²) in [4.78, 5) is 0. The average molecular weight is 273 g/mol. The maximum Gasteiger partial charge on any atom is 0.498 e. The van der Waals surface area contributed by atoms with Gasteiger partial charge in [-0.05, 0) is 33.8 Å². The molecule has 1 aromatic carbocycles. The normalized spacial score (nSPS) is 20.9. The van der Waals surface area contributed by atoms with Crippen molar-refractivity contribution < 1.29 is 22.5 Å². The number of nitrogen functional groups attached to an aromatic ring is 1. The van der Waals surface area contributed by atoms with E-state index < -0.39 is 41.5 Å². The highest BCUT2D eigenvalue weighted by Crippen LogP contribution is 2.37. The quantitative estimate of drug-likeness (QED) is 0.483. The van der Waals surface area contributed by atoms with Crippen LogP contribution in [-0.2, 0) is 9.31 Å². The van der Waals surface area contributed by atoms with E-state index in [2.05, 4.69) is 0 Å². The van der Waals surface area contributed by atoms with E-state index in [4.69, 9.17) is 15.0 Å². The van der Waals surface area contributed by atoms with Crippen molar-refractivity contribution in [3.63, 3.8) is 0 Å². The van der Waals surface area contributed by atoms with Crippen molar-refractivity contribution in [2.24, 2.45) is 0 Å². The van der Waals surface area contributed by atoms with Crippen LogP contribution in [0.4, 0.5) is 18.9 Å². The van der Waals surface area contributed by atoms with Gasteiger partial charge in [-0.1, -0.05) is 0 Å². The summed E-state index contributed by atoms with van der Waals surface area (Å²) in [6.45, 7) is 7.09. The third-order valence-corrected chi connectivity index (χ3v) is 3.73. The summed E-state index contributed by atoms with van der Waals surface area (Å²) < 4.78 is 51.5. The first-order chi connectivity index (χ1) is 8.57. The number of rotatable bonds is 1. The summed E-state index contributed by atoms with van der Waals surface area (Å²) >= 11 is 0. The van der Waals surface area contributed by atoms with Gasteiger partial charge in [0.25, 0.3) is 0 Å². The van der Waals surface area contributed by atoms with Gasteiger partial charge in [0.15, 0.2) is 11.6 Å². The Bertz CT molecular complexity index is 518. The molecule has 0 unspecified atom stereocenters. The van der Waals surface area contributed by atoms with Crippen molar-refractivity contribution >= 4 is 18.3 Å². The van der Waals surface area contributed by atoms with Crippen LogP contribution in [-0.4, -0.2) is 18.3 Å². The van der Waals surface area contributed by atoms with Gasteiger partial charge in [0.05, 0.1) is 11.2 Å². The summed E-state index contributed by atoms with van der Waals surface area (Å²) in [6, 6.07) is 0.711. The number of hydrogen-bond acceptors (Lipinski definition) is 3. The molecule has 1 aliphatic heterocycles. The summed E-state index contributed by atoms with van der Waals surface area (Å²) in [5.41, 5.74) is 2.66. The molecule has 1 aromatic rings. The van der Waals surface area contributed by atoms with E-state index in [0.29, 0.717) is 6.07 Å². The fourth-order valence-corrected chi connectivity index (χ4v) is 1.79. The van der Waals surface area contributed by atoms with Gasteiger partial charge in [-0.15, -0.1) is 0 Å². The second kappa shape index (κ2) is 4.14. The predicted octanol–water partition coefficient (Wildman–Crippen LogP) is 1.99. The molecule has 0 radical (unpaired) electrons. The zero-order valence-electron chi connectivity index (χ0n) is 11.2. The Morgan fingerprint density at radius 1 is 1.00 bits per heavy atom. The van der Waals surface area contributed by atoms with Crippen LogP contribution in [0.3, 0.4) is 0 Å². The Morgan fingerprint density at radius 3 is 1.95 bits per heavy atom. The fraction of sp³-hybridized carbons (Fsp3) is 0.500. The molecule has 1 fully saturated rings. The number of nitrogens with two attached hydrogens (primary N) is 1. The number of halogens is 3. The molecule has 0 spiro atoms. The van der Waals surface area contributed by atoms with Crippen molar-refractivity contribution in [3.8, 4) is 0 Å². The smallest absolute Gasteiger partial charge is 0.399 e. The molecule has 7 heteroatoms. The van der Waals surface area contributed by atoms with E-state index in [1.54, 1.807) is 27.7 Å². The highest BCUT2D eigenvalue weighted by molar-refractivity contribution is 6.62. The zero-order valence-corrected chi connectivity index (χ0v) is 11.2. The van der Waals surface area contributed by atoms with Crippen molar-refractivity contribution in [2.45, 2.75) is 38.9 Å². The summed E-state index contributed by atoms with van der Waals surface area (Å²) in [5.74, 6) is -3.70. The van der Waals surface area contributed by atoms with Crippen molar-refractivity contribution in [1.29, 1.82) is 0 Å². The van der Waals surface area contributed by atoms with Gasteiger partial charge in [0.1, 0.15) is 11.5 Å². The van der Waals surface area contributed by atoms with Gasteiger partial charge >= 0.3 is 7.12 Å². The van der Waals surface area contributed by atoms with Crippen LogP contribution in [0.15, 0.2) is 6.07 Å². The Balaban J connectivity index is 2.46. The minimum Gasteiger partial charge on any atom is -0.399 e. The van der Waals surface area contributed by atoms with E-state index in [0.717, 1.165) is 0 Å². The first-order valence-corrected chi connectivity index (χ1v) is 5.85.